The second kappa shape index (κ2) is 21.6. The molecule has 8 N–H and O–H groups in total. The van der Waals surface area contributed by atoms with Gasteiger partial charge in [0.25, 0.3) is 0 Å². The van der Waals surface area contributed by atoms with Gasteiger partial charge in [0.2, 0.25) is 6.29 Å². The van der Waals surface area contributed by atoms with Crippen molar-refractivity contribution in [3.63, 3.8) is 0 Å². The first-order valence-electron chi connectivity index (χ1n) is 26.6. The Labute approximate surface area is 437 Å². The van der Waals surface area contributed by atoms with Crippen LogP contribution < -0.4 is 33.3 Å². The van der Waals surface area contributed by atoms with Crippen molar-refractivity contribution in [2.75, 3.05) is 59.2 Å². The van der Waals surface area contributed by atoms with Gasteiger partial charge in [-0.15, -0.1) is 5.52 Å². The Hall–Kier alpha value is -3.29. The summed E-state index contributed by atoms with van der Waals surface area (Å²) in [6.07, 6.45) is -7.25. The van der Waals surface area contributed by atoms with Crippen LogP contribution in [0.2, 0.25) is 0 Å². The van der Waals surface area contributed by atoms with Crippen LogP contribution in [0.15, 0.2) is 36.4 Å². The predicted octanol–water partition coefficient (Wildman–Crippen LogP) is -0.775. The topological polar surface area (TPSA) is 251 Å². The van der Waals surface area contributed by atoms with Gasteiger partial charge in [-0.05, 0) is 109 Å². The zero-order chi connectivity index (χ0) is 50.3. The van der Waals surface area contributed by atoms with Crippen LogP contribution in [-0.2, 0) is 27.1 Å². The van der Waals surface area contributed by atoms with Gasteiger partial charge in [-0.3, -0.25) is 9.80 Å². The van der Waals surface area contributed by atoms with Crippen molar-refractivity contribution in [1.82, 2.24) is 19.4 Å². The summed E-state index contributed by atoms with van der Waals surface area (Å²) in [5.74, 6) is 4.23. The number of aromatic nitrogens is 2. The van der Waals surface area contributed by atoms with E-state index >= 15 is 0 Å². The van der Waals surface area contributed by atoms with Crippen molar-refractivity contribution in [3.8, 4) is 11.5 Å². The van der Waals surface area contributed by atoms with Gasteiger partial charge >= 0.3 is 25.0 Å². The Kier molecular flexibility index (Phi) is 15.7. The molecule has 5 saturated heterocycles. The fourth-order valence-corrected chi connectivity index (χ4v) is 14.8. The summed E-state index contributed by atoms with van der Waals surface area (Å²) in [5, 5.41) is 85.4. The molecule has 7 aliphatic heterocycles. The zero-order valence-corrected chi connectivity index (χ0v) is 42.5. The maximum Gasteiger partial charge on any atom is 1.00 e. The van der Waals surface area contributed by atoms with Gasteiger partial charge in [-0.2, -0.15) is 5.69 Å². The number of carbonyl (C=O) groups excluding carboxylic acids is 1. The second-order valence-electron chi connectivity index (χ2n) is 22.0. The van der Waals surface area contributed by atoms with E-state index in [0.717, 1.165) is 92.3 Å². The molecule has 2 saturated carbocycles. The number of aliphatic hydroxyl groups excluding tert-OH is 8. The Morgan fingerprint density at radius 2 is 1.59 bits per heavy atom. The van der Waals surface area contributed by atoms with Crippen molar-refractivity contribution in [2.24, 2.45) is 29.6 Å². The van der Waals surface area contributed by atoms with Gasteiger partial charge in [-0.1, -0.05) is 45.2 Å². The van der Waals surface area contributed by atoms with E-state index in [1.165, 1.54) is 11.3 Å². The summed E-state index contributed by atoms with van der Waals surface area (Å²) >= 11 is 0. The van der Waals surface area contributed by atoms with Crippen molar-refractivity contribution < 1.29 is 88.2 Å². The van der Waals surface area contributed by atoms with Gasteiger partial charge in [0.15, 0.2) is 0 Å². The summed E-state index contributed by atoms with van der Waals surface area (Å²) in [4.78, 5) is 25.1. The Bertz CT molecular complexity index is 2590. The maximum atomic E-state index is 14.6. The van der Waals surface area contributed by atoms with Crippen LogP contribution in [0.5, 0.6) is 11.5 Å². The first-order valence-corrected chi connectivity index (χ1v) is 26.6. The number of nitrogens with zero attached hydrogens (tertiary/aromatic N) is 4. The summed E-state index contributed by atoms with van der Waals surface area (Å²) in [7, 11) is 0. The van der Waals surface area contributed by atoms with E-state index in [0.29, 0.717) is 65.0 Å². The van der Waals surface area contributed by atoms with Crippen molar-refractivity contribution in [3.05, 3.63) is 58.9 Å². The van der Waals surface area contributed by atoms with Gasteiger partial charge in [-0.25, -0.2) is 9.36 Å². The molecule has 394 valence electrons. The van der Waals surface area contributed by atoms with E-state index in [2.05, 4.69) is 30.6 Å². The molecular weight excluding hydrogens is 936 g/mol. The molecule has 0 amide bonds. The molecule has 18 nitrogen and oxygen atoms in total. The van der Waals surface area contributed by atoms with Crippen molar-refractivity contribution >= 4 is 27.9 Å². The number of hydrogen-bond acceptors (Lipinski definition) is 16. The molecule has 2 aliphatic carbocycles. The number of piperidine rings is 4. The van der Waals surface area contributed by atoms with Crippen LogP contribution in [0.1, 0.15) is 87.2 Å². The van der Waals surface area contributed by atoms with Crippen molar-refractivity contribution in [2.45, 2.75) is 145 Å². The molecule has 4 aromatic rings. The Balaban J connectivity index is 0.00000611. The fourth-order valence-electron chi connectivity index (χ4n) is 14.8. The van der Waals surface area contributed by atoms with Gasteiger partial charge in [0.05, 0.1) is 25.3 Å². The smallest absolute Gasteiger partial charge is 0.660 e. The molecule has 13 rings (SSSR count). The minimum atomic E-state index is -1.77. The minimum Gasteiger partial charge on any atom is -0.660 e. The van der Waals surface area contributed by atoms with Crippen LogP contribution in [0, 0.1) is 29.6 Å². The second-order valence-corrected chi connectivity index (χ2v) is 22.0. The Morgan fingerprint density at radius 1 is 0.836 bits per heavy atom. The van der Waals surface area contributed by atoms with E-state index in [9.17, 15) is 45.6 Å². The molecule has 2 aromatic carbocycles. The third kappa shape index (κ3) is 9.36. The van der Waals surface area contributed by atoms with E-state index in [-0.39, 0.29) is 50.6 Å². The number of hydrogen-bond donors (Lipinski definition) is 8. The summed E-state index contributed by atoms with van der Waals surface area (Å²) < 4.78 is 31.9. The van der Waals surface area contributed by atoms with E-state index in [1.807, 2.05) is 18.2 Å². The number of fused-ring (bicyclic) bond motifs is 8. The molecule has 9 heterocycles. The van der Waals surface area contributed by atoms with Gasteiger partial charge in [0, 0.05) is 55.3 Å². The number of ether oxygens (including phenoxy) is 5. The normalized spacial score (nSPS) is 35.8. The predicted molar refractivity (Wildman–Crippen MR) is 262 cm³/mol. The van der Waals surface area contributed by atoms with E-state index < -0.39 is 74.4 Å². The summed E-state index contributed by atoms with van der Waals surface area (Å²) in [6, 6.07) is 11.7. The van der Waals surface area contributed by atoms with E-state index in [4.69, 9.17) is 28.7 Å². The SMILES string of the molecule is CC[C@H]1C[C@H]2C[C@H]3c4c(c5cc(OC6O[C@H](CO)[C@@H](O)[C@H](O)[C@H]6O)ccc5n4C(=O)OCCO[C@@H](COc4ccc5[n-]c6c(c5c4)CCN4CC5C[C@@H]6C4[C@@H](CC)[C@H]5C)[C@@H](O)[C@H](O)[C@H](O)CO)CCN(C2)C13.[Li+]. The molecule has 2 aromatic heterocycles. The molecular formula is C54H73LiN4O14. The van der Waals surface area contributed by atoms with Crippen molar-refractivity contribution in [1.29, 1.82) is 0 Å². The molecule has 8 bridgehead atoms. The molecule has 6 unspecified atom stereocenters. The molecule has 9 aliphatic rings. The molecule has 73 heavy (non-hydrogen) atoms. The number of rotatable bonds is 16. The maximum absolute atomic E-state index is 14.6. The monoisotopic (exact) mass is 1010 g/mol. The molecule has 20 atom stereocenters. The van der Waals surface area contributed by atoms with Gasteiger partial charge < -0.3 is 69.5 Å². The zero-order valence-electron chi connectivity index (χ0n) is 42.5. The van der Waals surface area contributed by atoms with E-state index in [1.54, 1.807) is 22.8 Å². The molecule has 19 heteroatoms. The third-order valence-corrected chi connectivity index (χ3v) is 18.3. The fraction of sp³-hybridized carbons (Fsp3) is 0.685. The number of aliphatic hydroxyl groups is 8. The first-order chi connectivity index (χ1) is 34.8. The van der Waals surface area contributed by atoms with Crippen LogP contribution in [-0.4, -0.2) is 188 Å². The standard InChI is InChI=1S/C54H73N4O14.Li/c1-4-28-16-27-17-38-45(28)56(21-27)13-11-34-36-20-31(71-53-52(66)51(65)49(63)42(24-60)72-53)7-9-40(36)58(47(34)38)54(67)69-15-14-68-43(50(64)48(62)41(61)23-59)25-70-30-6-8-39-35(19-30)33-10-12-57-22-29-18-37(44(33)55-39)46(57)32(5-2)26(29)3;/h6-9,19-20,26-29,32,37-38,41-43,45-46,48-53,59-66H,4-5,10-18,21-25H2,1-3H3;/q-1;+1/t26-,27-,28-,29?,32-,37-,38+,41+,42+,43-,45?,46?,48+,49+,50+,51-,52+,53?;/m0./s1. The van der Waals surface area contributed by atoms with Gasteiger partial charge in [0.1, 0.15) is 73.5 Å². The summed E-state index contributed by atoms with van der Waals surface area (Å²) in [6.45, 7) is 8.88. The Morgan fingerprint density at radius 3 is 2.34 bits per heavy atom. The van der Waals surface area contributed by atoms with Crippen LogP contribution >= 0.6 is 0 Å². The number of carbonyl (C=O) groups is 1. The van der Waals surface area contributed by atoms with Crippen LogP contribution in [0.4, 0.5) is 4.79 Å². The third-order valence-electron chi connectivity index (χ3n) is 18.3. The molecule has 0 spiro atoms. The number of benzene rings is 2. The van der Waals surface area contributed by atoms with Crippen LogP contribution in [0.25, 0.3) is 21.8 Å². The molecule has 7 fully saturated rings. The average Bonchev–Trinajstić information content (AvgIpc) is 3.86. The largest absolute Gasteiger partial charge is 1.00 e. The first kappa shape index (κ1) is 53.1. The minimum absolute atomic E-state index is 0. The molecule has 0 radical (unpaired) electrons. The average molecular weight is 1010 g/mol. The summed E-state index contributed by atoms with van der Waals surface area (Å²) in [5.41, 5.74) is 5.88. The quantitative estimate of drug-likeness (QED) is 0.0507. The van der Waals surface area contributed by atoms with Crippen LogP contribution in [0.3, 0.4) is 0 Å².